The average Bonchev–Trinajstić information content (AvgIpc) is 2.54. The second kappa shape index (κ2) is 7.36. The van der Waals surface area contributed by atoms with E-state index in [4.69, 9.17) is 51.1 Å². The van der Waals surface area contributed by atoms with Crippen molar-refractivity contribution in [3.05, 3.63) is 61.3 Å². The lowest BCUT2D eigenvalue weighted by atomic mass is 10.1. The molecule has 0 saturated carbocycles. The molecule has 1 aromatic carbocycles. The van der Waals surface area contributed by atoms with Crippen LogP contribution in [0.4, 0.5) is 0 Å². The van der Waals surface area contributed by atoms with Gasteiger partial charge < -0.3 is 9.84 Å². The van der Waals surface area contributed by atoms with Crippen molar-refractivity contribution in [1.29, 1.82) is 0 Å². The zero-order valence-corrected chi connectivity index (χ0v) is 14.2. The minimum atomic E-state index is -1.48. The van der Waals surface area contributed by atoms with Crippen molar-refractivity contribution in [2.75, 3.05) is 0 Å². The molecule has 0 radical (unpaired) electrons. The van der Waals surface area contributed by atoms with E-state index in [9.17, 15) is 14.7 Å². The number of rotatable bonds is 4. The predicted octanol–water partition coefficient (Wildman–Crippen LogP) is 4.75. The number of pyridine rings is 1. The molecule has 23 heavy (non-hydrogen) atoms. The van der Waals surface area contributed by atoms with Crippen LogP contribution in [-0.2, 0) is 11.3 Å². The molecular weight excluding hydrogens is 388 g/mol. The smallest absolute Gasteiger partial charge is 0.340 e. The summed E-state index contributed by atoms with van der Waals surface area (Å²) in [4.78, 5) is 27.5. The number of hydrogen-bond donors (Lipinski definition) is 1. The van der Waals surface area contributed by atoms with Gasteiger partial charge >= 0.3 is 11.9 Å². The van der Waals surface area contributed by atoms with Gasteiger partial charge in [0.05, 0.1) is 31.2 Å². The van der Waals surface area contributed by atoms with Crippen LogP contribution in [0.5, 0.6) is 0 Å². The number of aromatic carboxylic acids is 1. The number of halogens is 4. The Morgan fingerprint density at radius 3 is 2.17 bits per heavy atom. The molecular formula is C14H7Cl4NO4. The highest BCUT2D eigenvalue weighted by atomic mass is 35.5. The molecule has 0 aliphatic carbocycles. The van der Waals surface area contributed by atoms with Gasteiger partial charge in [0, 0.05) is 18.0 Å². The third-order valence-corrected chi connectivity index (χ3v) is 4.58. The standard InChI is InChI=1S/C14H7Cl4NO4/c15-9-7(13(20)21)8(10(16)12(18)11(9)17)14(22)23-5-6-2-1-3-19-4-6/h1-4H,5H2,(H,20,21). The quantitative estimate of drug-likeness (QED) is 0.460. The molecule has 120 valence electrons. The molecule has 0 unspecified atom stereocenters. The predicted molar refractivity (Wildman–Crippen MR) is 86.8 cm³/mol. The molecule has 5 nitrogen and oxygen atoms in total. The van der Waals surface area contributed by atoms with Crippen LogP contribution in [0.3, 0.4) is 0 Å². The third-order valence-electron chi connectivity index (χ3n) is 2.78. The molecule has 0 fully saturated rings. The number of carbonyl (C=O) groups excluding carboxylic acids is 1. The van der Waals surface area contributed by atoms with Gasteiger partial charge in [0.1, 0.15) is 6.61 Å². The number of nitrogens with zero attached hydrogens (tertiary/aromatic N) is 1. The molecule has 2 rings (SSSR count). The number of aromatic nitrogens is 1. The SMILES string of the molecule is O=C(O)c1c(Cl)c(Cl)c(Cl)c(Cl)c1C(=O)OCc1cccnc1. The molecule has 0 atom stereocenters. The Balaban J connectivity index is 2.41. The normalized spacial score (nSPS) is 10.4. The van der Waals surface area contributed by atoms with Crippen LogP contribution < -0.4 is 0 Å². The molecule has 0 aliphatic rings. The van der Waals surface area contributed by atoms with Gasteiger partial charge in [0.25, 0.3) is 0 Å². The molecule has 0 amide bonds. The highest BCUT2D eigenvalue weighted by molar-refractivity contribution is 6.54. The number of benzene rings is 1. The maximum atomic E-state index is 12.2. The number of carboxylic acid groups (broad SMARTS) is 1. The van der Waals surface area contributed by atoms with E-state index in [0.717, 1.165) is 0 Å². The average molecular weight is 395 g/mol. The van der Waals surface area contributed by atoms with E-state index in [0.29, 0.717) is 5.56 Å². The van der Waals surface area contributed by atoms with E-state index in [1.807, 2.05) is 0 Å². The van der Waals surface area contributed by atoms with Gasteiger partial charge in [0.15, 0.2) is 0 Å². The van der Waals surface area contributed by atoms with E-state index in [-0.39, 0.29) is 26.7 Å². The lowest BCUT2D eigenvalue weighted by Gasteiger charge is -2.13. The number of carbonyl (C=O) groups is 2. The second-order valence-electron chi connectivity index (χ2n) is 4.25. The minimum absolute atomic E-state index is 0.125. The fourth-order valence-electron chi connectivity index (χ4n) is 1.73. The Bertz CT molecular complexity index is 780. The molecule has 2 aromatic rings. The van der Waals surface area contributed by atoms with E-state index in [2.05, 4.69) is 4.98 Å². The van der Waals surface area contributed by atoms with Crippen molar-refractivity contribution >= 4 is 58.3 Å². The number of ether oxygens (including phenoxy) is 1. The Kier molecular flexibility index (Phi) is 5.70. The molecule has 9 heteroatoms. The van der Waals surface area contributed by atoms with Crippen LogP contribution in [0, 0.1) is 0 Å². The van der Waals surface area contributed by atoms with E-state index < -0.39 is 23.1 Å². The summed E-state index contributed by atoms with van der Waals surface area (Å²) in [5.74, 6) is -2.47. The molecule has 0 aliphatic heterocycles. The van der Waals surface area contributed by atoms with Gasteiger partial charge in [-0.05, 0) is 6.07 Å². The number of carboxylic acids is 1. The van der Waals surface area contributed by atoms with E-state index >= 15 is 0 Å². The van der Waals surface area contributed by atoms with Crippen molar-refractivity contribution in [3.63, 3.8) is 0 Å². The Morgan fingerprint density at radius 1 is 1.04 bits per heavy atom. The summed E-state index contributed by atoms with van der Waals surface area (Å²) >= 11 is 23.5. The number of hydrogen-bond acceptors (Lipinski definition) is 4. The summed E-state index contributed by atoms with van der Waals surface area (Å²) in [5.41, 5.74) is -0.412. The maximum absolute atomic E-state index is 12.2. The summed E-state index contributed by atoms with van der Waals surface area (Å²) in [6.45, 7) is -0.125. The largest absolute Gasteiger partial charge is 0.478 e. The lowest BCUT2D eigenvalue weighted by Crippen LogP contribution is -2.14. The third kappa shape index (κ3) is 3.70. The second-order valence-corrected chi connectivity index (χ2v) is 5.76. The molecule has 0 spiro atoms. The van der Waals surface area contributed by atoms with Crippen LogP contribution in [-0.4, -0.2) is 22.0 Å². The summed E-state index contributed by atoms with van der Waals surface area (Å²) in [5, 5.41) is 8.06. The van der Waals surface area contributed by atoms with Gasteiger partial charge in [0.2, 0.25) is 0 Å². The highest BCUT2D eigenvalue weighted by Crippen LogP contribution is 2.41. The van der Waals surface area contributed by atoms with Crippen molar-refractivity contribution in [2.45, 2.75) is 6.61 Å². The van der Waals surface area contributed by atoms with Gasteiger partial charge in [-0.1, -0.05) is 52.5 Å². The first-order chi connectivity index (χ1) is 10.8. The molecule has 1 heterocycles. The van der Waals surface area contributed by atoms with Crippen LogP contribution in [0.25, 0.3) is 0 Å². The van der Waals surface area contributed by atoms with E-state index in [1.165, 1.54) is 6.20 Å². The fourth-order valence-corrected chi connectivity index (χ4v) is 2.74. The van der Waals surface area contributed by atoms with Gasteiger partial charge in [-0.25, -0.2) is 9.59 Å². The highest BCUT2D eigenvalue weighted by Gasteiger charge is 2.29. The van der Waals surface area contributed by atoms with Crippen molar-refractivity contribution < 1.29 is 19.4 Å². The van der Waals surface area contributed by atoms with Crippen LogP contribution in [0.1, 0.15) is 26.3 Å². The zero-order valence-electron chi connectivity index (χ0n) is 11.1. The summed E-state index contributed by atoms with van der Waals surface area (Å²) in [6.07, 6.45) is 3.05. The molecule has 0 saturated heterocycles. The topological polar surface area (TPSA) is 76.5 Å². The molecule has 1 N–H and O–H groups in total. The molecule has 1 aromatic heterocycles. The van der Waals surface area contributed by atoms with Crippen LogP contribution in [0.2, 0.25) is 20.1 Å². The summed E-state index contributed by atoms with van der Waals surface area (Å²) < 4.78 is 5.05. The van der Waals surface area contributed by atoms with Gasteiger partial charge in [-0.2, -0.15) is 0 Å². The zero-order chi connectivity index (χ0) is 17.1. The minimum Gasteiger partial charge on any atom is -0.478 e. The summed E-state index contributed by atoms with van der Waals surface area (Å²) in [7, 11) is 0. The number of esters is 1. The first-order valence-corrected chi connectivity index (χ1v) is 7.51. The first kappa shape index (κ1) is 17.8. The van der Waals surface area contributed by atoms with Crippen molar-refractivity contribution in [2.24, 2.45) is 0 Å². The monoisotopic (exact) mass is 393 g/mol. The molecule has 0 bridgehead atoms. The van der Waals surface area contributed by atoms with E-state index in [1.54, 1.807) is 18.3 Å². The lowest BCUT2D eigenvalue weighted by molar-refractivity contribution is 0.0463. The van der Waals surface area contributed by atoms with Gasteiger partial charge in [-0.3, -0.25) is 4.98 Å². The Morgan fingerprint density at radius 2 is 1.65 bits per heavy atom. The van der Waals surface area contributed by atoms with Crippen molar-refractivity contribution in [3.8, 4) is 0 Å². The van der Waals surface area contributed by atoms with Gasteiger partial charge in [-0.15, -0.1) is 0 Å². The Labute approximate surface area is 150 Å². The van der Waals surface area contributed by atoms with Crippen LogP contribution in [0.15, 0.2) is 24.5 Å². The Hall–Kier alpha value is -1.53. The van der Waals surface area contributed by atoms with Crippen LogP contribution >= 0.6 is 46.4 Å². The summed E-state index contributed by atoms with van der Waals surface area (Å²) in [6, 6.07) is 3.34. The first-order valence-electron chi connectivity index (χ1n) is 5.99. The van der Waals surface area contributed by atoms with Crippen molar-refractivity contribution in [1.82, 2.24) is 4.98 Å². The fraction of sp³-hybridized carbons (Fsp3) is 0.0714. The maximum Gasteiger partial charge on any atom is 0.340 e.